The molecule has 0 aromatic carbocycles. The van der Waals surface area contributed by atoms with Crippen LogP contribution in [0.4, 0.5) is 0 Å². The third kappa shape index (κ3) is 1.02. The fourth-order valence-corrected chi connectivity index (χ4v) is 2.41. The topological polar surface area (TPSA) is 26.0 Å². The second-order valence-electron chi connectivity index (χ2n) is 4.07. The molecule has 2 N–H and O–H groups in total. The molecule has 2 aliphatic carbocycles. The first kappa shape index (κ1) is 7.35. The van der Waals surface area contributed by atoms with E-state index in [0.29, 0.717) is 5.41 Å². The number of nitrogens with two attached hydrogens (primary N) is 1. The Kier molecular flexibility index (Phi) is 1.76. The summed E-state index contributed by atoms with van der Waals surface area (Å²) in [6, 6.07) is 0. The van der Waals surface area contributed by atoms with Gasteiger partial charge in [0.25, 0.3) is 0 Å². The van der Waals surface area contributed by atoms with Gasteiger partial charge in [0.05, 0.1) is 0 Å². The van der Waals surface area contributed by atoms with Gasteiger partial charge in [0.2, 0.25) is 0 Å². The van der Waals surface area contributed by atoms with Crippen LogP contribution < -0.4 is 5.73 Å². The van der Waals surface area contributed by atoms with Crippen molar-refractivity contribution in [3.8, 4) is 0 Å². The molecular weight excluding hydrogens is 134 g/mol. The van der Waals surface area contributed by atoms with Crippen molar-refractivity contribution in [1.82, 2.24) is 0 Å². The molecule has 0 aromatic heterocycles. The maximum absolute atomic E-state index is 5.84. The molecule has 1 heteroatoms. The Bertz CT molecular complexity index is 160. The van der Waals surface area contributed by atoms with E-state index in [1.807, 2.05) is 0 Å². The Hall–Kier alpha value is -0.300. The summed E-state index contributed by atoms with van der Waals surface area (Å²) in [5, 5.41) is 0. The second-order valence-corrected chi connectivity index (χ2v) is 4.07. The second kappa shape index (κ2) is 2.63. The Morgan fingerprint density at radius 2 is 1.91 bits per heavy atom. The van der Waals surface area contributed by atoms with E-state index in [9.17, 15) is 0 Å². The molecule has 62 valence electrons. The highest BCUT2D eigenvalue weighted by atomic mass is 14.6. The van der Waals surface area contributed by atoms with Crippen LogP contribution in [0.5, 0.6) is 0 Å². The number of rotatable bonds is 2. The summed E-state index contributed by atoms with van der Waals surface area (Å²) in [7, 11) is 0. The lowest BCUT2D eigenvalue weighted by Gasteiger charge is -2.42. The van der Waals surface area contributed by atoms with Gasteiger partial charge < -0.3 is 5.73 Å². The smallest absolute Gasteiger partial charge is 0.00119 e. The Labute approximate surface area is 68.7 Å². The predicted octanol–water partition coefficient (Wildman–Crippen LogP) is 2.08. The van der Waals surface area contributed by atoms with Crippen LogP contribution in [-0.4, -0.2) is 6.54 Å². The minimum absolute atomic E-state index is 0.498. The van der Waals surface area contributed by atoms with Gasteiger partial charge in [0.15, 0.2) is 0 Å². The van der Waals surface area contributed by atoms with Crippen molar-refractivity contribution in [2.45, 2.75) is 32.1 Å². The average Bonchev–Trinajstić information content (AvgIpc) is 2.34. The monoisotopic (exact) mass is 151 g/mol. The third-order valence-corrected chi connectivity index (χ3v) is 3.59. The maximum Gasteiger partial charge on any atom is -0.00119 e. The molecule has 0 bridgehead atoms. The predicted molar refractivity (Wildman–Crippen MR) is 47.2 cm³/mol. The van der Waals surface area contributed by atoms with E-state index in [-0.39, 0.29) is 0 Å². The number of allylic oxidation sites excluding steroid dienone is 2. The molecule has 0 aromatic rings. The first-order valence-corrected chi connectivity index (χ1v) is 4.72. The fourth-order valence-electron chi connectivity index (χ4n) is 2.41. The third-order valence-electron chi connectivity index (χ3n) is 3.59. The largest absolute Gasteiger partial charge is 0.330 e. The molecule has 2 aliphatic rings. The molecule has 0 atom stereocenters. The van der Waals surface area contributed by atoms with Crippen LogP contribution in [0.2, 0.25) is 0 Å². The highest BCUT2D eigenvalue weighted by molar-refractivity contribution is 5.07. The molecule has 2 rings (SSSR count). The van der Waals surface area contributed by atoms with Gasteiger partial charge in [0, 0.05) is 0 Å². The zero-order valence-electron chi connectivity index (χ0n) is 7.05. The average molecular weight is 151 g/mol. The standard InChI is InChI=1S/C10H17N/c11-8-10(6-1-2-7-10)9-4-3-5-9/h1-2,9H,3-8,11H2. The molecule has 1 nitrogen and oxygen atoms in total. The summed E-state index contributed by atoms with van der Waals surface area (Å²) in [5.74, 6) is 0.947. The molecule has 0 amide bonds. The molecule has 1 saturated carbocycles. The van der Waals surface area contributed by atoms with E-state index in [0.717, 1.165) is 12.5 Å². The molecule has 0 spiro atoms. The Morgan fingerprint density at radius 1 is 1.27 bits per heavy atom. The molecule has 11 heavy (non-hydrogen) atoms. The zero-order chi connectivity index (χ0) is 7.73. The lowest BCUT2D eigenvalue weighted by atomic mass is 9.64. The highest BCUT2D eigenvalue weighted by Crippen LogP contribution is 2.48. The van der Waals surface area contributed by atoms with Crippen molar-refractivity contribution in [1.29, 1.82) is 0 Å². The van der Waals surface area contributed by atoms with Gasteiger partial charge in [-0.25, -0.2) is 0 Å². The van der Waals surface area contributed by atoms with Crippen molar-refractivity contribution < 1.29 is 0 Å². The Balaban J connectivity index is 2.04. The van der Waals surface area contributed by atoms with Crippen molar-refractivity contribution in [2.75, 3.05) is 6.54 Å². The molecule has 0 radical (unpaired) electrons. The molecule has 0 saturated heterocycles. The first-order chi connectivity index (χ1) is 5.37. The summed E-state index contributed by atoms with van der Waals surface area (Å²) in [6.07, 6.45) is 11.4. The number of hydrogen-bond acceptors (Lipinski definition) is 1. The van der Waals surface area contributed by atoms with E-state index in [4.69, 9.17) is 5.73 Å². The summed E-state index contributed by atoms with van der Waals surface area (Å²) >= 11 is 0. The Morgan fingerprint density at radius 3 is 2.27 bits per heavy atom. The minimum atomic E-state index is 0.498. The van der Waals surface area contributed by atoms with E-state index in [2.05, 4.69) is 12.2 Å². The molecule has 0 heterocycles. The lowest BCUT2D eigenvalue weighted by molar-refractivity contribution is 0.103. The molecule has 0 unspecified atom stereocenters. The van der Waals surface area contributed by atoms with Crippen LogP contribution in [-0.2, 0) is 0 Å². The molecule has 0 aliphatic heterocycles. The molecular formula is C10H17N. The van der Waals surface area contributed by atoms with Crippen molar-refractivity contribution in [3.05, 3.63) is 12.2 Å². The quantitative estimate of drug-likeness (QED) is 0.601. The molecule has 1 fully saturated rings. The van der Waals surface area contributed by atoms with E-state index in [1.165, 1.54) is 32.1 Å². The van der Waals surface area contributed by atoms with Crippen LogP contribution in [0.3, 0.4) is 0 Å². The van der Waals surface area contributed by atoms with Gasteiger partial charge >= 0.3 is 0 Å². The summed E-state index contributed by atoms with van der Waals surface area (Å²) in [6.45, 7) is 0.894. The van der Waals surface area contributed by atoms with Crippen LogP contribution >= 0.6 is 0 Å². The summed E-state index contributed by atoms with van der Waals surface area (Å²) in [4.78, 5) is 0. The van der Waals surface area contributed by atoms with Gasteiger partial charge in [-0.15, -0.1) is 0 Å². The van der Waals surface area contributed by atoms with Crippen molar-refractivity contribution >= 4 is 0 Å². The van der Waals surface area contributed by atoms with Gasteiger partial charge in [-0.05, 0) is 43.6 Å². The van der Waals surface area contributed by atoms with Crippen molar-refractivity contribution in [2.24, 2.45) is 17.1 Å². The van der Waals surface area contributed by atoms with Crippen LogP contribution in [0.1, 0.15) is 32.1 Å². The van der Waals surface area contributed by atoms with Gasteiger partial charge in [-0.2, -0.15) is 0 Å². The first-order valence-electron chi connectivity index (χ1n) is 4.72. The SMILES string of the molecule is NCC1(C2CCC2)CC=CC1. The summed E-state index contributed by atoms with van der Waals surface area (Å²) < 4.78 is 0. The lowest BCUT2D eigenvalue weighted by Crippen LogP contribution is -2.39. The van der Waals surface area contributed by atoms with E-state index < -0.39 is 0 Å². The highest BCUT2D eigenvalue weighted by Gasteiger charge is 2.40. The van der Waals surface area contributed by atoms with Crippen molar-refractivity contribution in [3.63, 3.8) is 0 Å². The zero-order valence-corrected chi connectivity index (χ0v) is 7.05. The number of hydrogen-bond donors (Lipinski definition) is 1. The van der Waals surface area contributed by atoms with Gasteiger partial charge in [0.1, 0.15) is 0 Å². The van der Waals surface area contributed by atoms with Crippen LogP contribution in [0, 0.1) is 11.3 Å². The van der Waals surface area contributed by atoms with Crippen LogP contribution in [0.15, 0.2) is 12.2 Å². The van der Waals surface area contributed by atoms with Gasteiger partial charge in [-0.1, -0.05) is 18.6 Å². The van der Waals surface area contributed by atoms with Gasteiger partial charge in [-0.3, -0.25) is 0 Å². The van der Waals surface area contributed by atoms with E-state index in [1.54, 1.807) is 0 Å². The van der Waals surface area contributed by atoms with Crippen LogP contribution in [0.25, 0.3) is 0 Å². The minimum Gasteiger partial charge on any atom is -0.330 e. The maximum atomic E-state index is 5.84. The normalized spacial score (nSPS) is 28.8. The summed E-state index contributed by atoms with van der Waals surface area (Å²) in [5.41, 5.74) is 6.34. The van der Waals surface area contributed by atoms with E-state index >= 15 is 0 Å². The fraction of sp³-hybridized carbons (Fsp3) is 0.800.